The van der Waals surface area contributed by atoms with Crippen molar-refractivity contribution in [3.05, 3.63) is 43.5 Å². The Bertz CT molecular complexity index is 588. The molecule has 2 rings (SSSR count). The van der Waals surface area contributed by atoms with E-state index < -0.39 is 0 Å². The highest BCUT2D eigenvalue weighted by molar-refractivity contribution is 9.10. The van der Waals surface area contributed by atoms with Crippen molar-refractivity contribution in [3.63, 3.8) is 0 Å². The van der Waals surface area contributed by atoms with Gasteiger partial charge in [0.2, 0.25) is 0 Å². The average molecular weight is 363 g/mol. The van der Waals surface area contributed by atoms with Crippen LogP contribution >= 0.6 is 38.9 Å². The molecule has 1 atom stereocenters. The fraction of sp³-hybridized carbons (Fsp3) is 0.231. The second-order valence-corrected chi connectivity index (χ2v) is 6.11. The summed E-state index contributed by atoms with van der Waals surface area (Å²) in [6, 6.07) is 5.22. The Hall–Kier alpha value is -0.750. The third-order valence-corrected chi connectivity index (χ3v) is 4.52. The van der Waals surface area contributed by atoms with Gasteiger partial charge >= 0.3 is 0 Å². The molecule has 1 heterocycles. The van der Waals surface area contributed by atoms with Gasteiger partial charge in [-0.25, -0.2) is 0 Å². The molecule has 0 saturated carbocycles. The van der Waals surface area contributed by atoms with Crippen LogP contribution in [0, 0.1) is 0 Å². The van der Waals surface area contributed by atoms with Crippen LogP contribution < -0.4 is 15.2 Å². The number of methoxy groups -OCH3 is 2. The van der Waals surface area contributed by atoms with E-state index in [4.69, 9.17) is 26.8 Å². The highest BCUT2D eigenvalue weighted by Crippen LogP contribution is 2.39. The lowest BCUT2D eigenvalue weighted by atomic mass is 10.1. The van der Waals surface area contributed by atoms with Gasteiger partial charge in [-0.2, -0.15) is 0 Å². The molecule has 0 amide bonds. The molecule has 19 heavy (non-hydrogen) atoms. The van der Waals surface area contributed by atoms with Crippen LogP contribution in [-0.2, 0) is 0 Å². The molecule has 1 aromatic carbocycles. The van der Waals surface area contributed by atoms with E-state index in [0.717, 1.165) is 20.7 Å². The standard InChI is InChI=1S/C13H13BrClNO2S/c1-17-8-5-11(19-6-8)12(16)9-3-7(15)4-10(14)13(9)18-2/h3-6,12H,16H2,1-2H3. The van der Waals surface area contributed by atoms with Gasteiger partial charge in [0.1, 0.15) is 11.5 Å². The number of nitrogens with two attached hydrogens (primary N) is 1. The Morgan fingerprint density at radius 2 is 2.00 bits per heavy atom. The fourth-order valence-electron chi connectivity index (χ4n) is 1.78. The van der Waals surface area contributed by atoms with Crippen molar-refractivity contribution in [1.29, 1.82) is 0 Å². The zero-order valence-electron chi connectivity index (χ0n) is 10.4. The minimum Gasteiger partial charge on any atom is -0.496 e. The fourth-order valence-corrected chi connectivity index (χ4v) is 3.65. The largest absolute Gasteiger partial charge is 0.496 e. The minimum absolute atomic E-state index is 0.307. The summed E-state index contributed by atoms with van der Waals surface area (Å²) in [5.74, 6) is 1.50. The second-order valence-electron chi connectivity index (χ2n) is 3.88. The summed E-state index contributed by atoms with van der Waals surface area (Å²) in [5.41, 5.74) is 7.13. The number of ether oxygens (including phenoxy) is 2. The molecule has 0 aliphatic heterocycles. The first kappa shape index (κ1) is 14.7. The molecule has 1 unspecified atom stereocenters. The molecule has 0 fully saturated rings. The maximum atomic E-state index is 6.29. The predicted molar refractivity (Wildman–Crippen MR) is 82.6 cm³/mol. The number of thiophene rings is 1. The van der Waals surface area contributed by atoms with Crippen molar-refractivity contribution in [2.24, 2.45) is 5.73 Å². The molecule has 0 bridgehead atoms. The van der Waals surface area contributed by atoms with E-state index in [2.05, 4.69) is 15.9 Å². The maximum absolute atomic E-state index is 6.29. The van der Waals surface area contributed by atoms with Crippen molar-refractivity contribution >= 4 is 38.9 Å². The first-order valence-electron chi connectivity index (χ1n) is 5.47. The van der Waals surface area contributed by atoms with Gasteiger partial charge in [-0.15, -0.1) is 11.3 Å². The second kappa shape index (κ2) is 6.13. The maximum Gasteiger partial charge on any atom is 0.138 e. The molecule has 2 N–H and O–H groups in total. The van der Waals surface area contributed by atoms with Crippen molar-refractivity contribution < 1.29 is 9.47 Å². The molecule has 0 radical (unpaired) electrons. The Morgan fingerprint density at radius 3 is 2.58 bits per heavy atom. The Labute approximate surface area is 129 Å². The van der Waals surface area contributed by atoms with Crippen LogP contribution in [0.2, 0.25) is 5.02 Å². The smallest absolute Gasteiger partial charge is 0.138 e. The van der Waals surface area contributed by atoms with Gasteiger partial charge in [0.15, 0.2) is 0 Å². The van der Waals surface area contributed by atoms with Gasteiger partial charge in [-0.3, -0.25) is 0 Å². The molecular formula is C13H13BrClNO2S. The van der Waals surface area contributed by atoms with Gasteiger partial charge in [0.25, 0.3) is 0 Å². The summed E-state index contributed by atoms with van der Waals surface area (Å²) in [4.78, 5) is 0.990. The predicted octanol–water partition coefficient (Wildman–Crippen LogP) is 4.23. The van der Waals surface area contributed by atoms with Gasteiger partial charge < -0.3 is 15.2 Å². The van der Waals surface area contributed by atoms with Crippen LogP contribution in [0.15, 0.2) is 28.1 Å². The lowest BCUT2D eigenvalue weighted by Gasteiger charge is -2.16. The molecule has 0 aliphatic carbocycles. The minimum atomic E-state index is -0.307. The van der Waals surface area contributed by atoms with Crippen LogP contribution in [0.3, 0.4) is 0 Å². The SMILES string of the molecule is COc1csc(C(N)c2cc(Cl)cc(Br)c2OC)c1. The normalized spacial score (nSPS) is 12.3. The van der Waals surface area contributed by atoms with Crippen LogP contribution in [-0.4, -0.2) is 14.2 Å². The number of halogens is 2. The zero-order chi connectivity index (χ0) is 14.0. The van der Waals surface area contributed by atoms with E-state index in [1.165, 1.54) is 0 Å². The van der Waals surface area contributed by atoms with Gasteiger partial charge in [-0.1, -0.05) is 11.6 Å². The van der Waals surface area contributed by atoms with Crippen molar-refractivity contribution in [3.8, 4) is 11.5 Å². The first-order valence-corrected chi connectivity index (χ1v) is 7.52. The third-order valence-electron chi connectivity index (χ3n) is 2.71. The highest BCUT2D eigenvalue weighted by Gasteiger charge is 2.19. The van der Waals surface area contributed by atoms with Crippen molar-refractivity contribution in [1.82, 2.24) is 0 Å². The van der Waals surface area contributed by atoms with E-state index in [9.17, 15) is 0 Å². The molecule has 102 valence electrons. The Morgan fingerprint density at radius 1 is 1.26 bits per heavy atom. The van der Waals surface area contributed by atoms with E-state index in [-0.39, 0.29) is 6.04 Å². The highest BCUT2D eigenvalue weighted by atomic mass is 79.9. The summed E-state index contributed by atoms with van der Waals surface area (Å²) in [6.07, 6.45) is 0. The summed E-state index contributed by atoms with van der Waals surface area (Å²) in [6.45, 7) is 0. The Balaban J connectivity index is 2.45. The molecule has 6 heteroatoms. The lowest BCUT2D eigenvalue weighted by molar-refractivity contribution is 0.405. The Kier molecular flexibility index (Phi) is 4.73. The molecule has 0 saturated heterocycles. The van der Waals surface area contributed by atoms with E-state index in [1.54, 1.807) is 31.6 Å². The number of benzene rings is 1. The van der Waals surface area contributed by atoms with Crippen molar-refractivity contribution in [2.45, 2.75) is 6.04 Å². The van der Waals surface area contributed by atoms with Crippen LogP contribution in [0.25, 0.3) is 0 Å². The number of hydrogen-bond donors (Lipinski definition) is 1. The molecule has 1 aromatic heterocycles. The van der Waals surface area contributed by atoms with E-state index in [0.29, 0.717) is 10.8 Å². The van der Waals surface area contributed by atoms with Crippen molar-refractivity contribution in [2.75, 3.05) is 14.2 Å². The molecule has 0 aliphatic rings. The quantitative estimate of drug-likeness (QED) is 0.885. The summed E-state index contributed by atoms with van der Waals surface area (Å²) >= 11 is 11.1. The van der Waals surface area contributed by atoms with Crippen LogP contribution in [0.1, 0.15) is 16.5 Å². The molecular weight excluding hydrogens is 350 g/mol. The topological polar surface area (TPSA) is 44.5 Å². The van der Waals surface area contributed by atoms with Gasteiger partial charge in [-0.05, 0) is 34.1 Å². The summed E-state index contributed by atoms with van der Waals surface area (Å²) in [7, 11) is 3.24. The number of hydrogen-bond acceptors (Lipinski definition) is 4. The summed E-state index contributed by atoms with van der Waals surface area (Å²) < 4.78 is 11.4. The third kappa shape index (κ3) is 3.05. The first-order chi connectivity index (χ1) is 9.06. The molecule has 3 nitrogen and oxygen atoms in total. The molecule has 2 aromatic rings. The van der Waals surface area contributed by atoms with Crippen LogP contribution in [0.5, 0.6) is 11.5 Å². The van der Waals surface area contributed by atoms with E-state index >= 15 is 0 Å². The molecule has 0 spiro atoms. The lowest BCUT2D eigenvalue weighted by Crippen LogP contribution is -2.12. The van der Waals surface area contributed by atoms with Crippen LogP contribution in [0.4, 0.5) is 0 Å². The average Bonchev–Trinajstić information content (AvgIpc) is 2.85. The summed E-state index contributed by atoms with van der Waals surface area (Å²) in [5, 5.41) is 2.53. The number of rotatable bonds is 4. The van der Waals surface area contributed by atoms with Gasteiger partial charge in [0, 0.05) is 20.8 Å². The van der Waals surface area contributed by atoms with E-state index in [1.807, 2.05) is 17.5 Å². The zero-order valence-corrected chi connectivity index (χ0v) is 13.6. The van der Waals surface area contributed by atoms with Gasteiger partial charge in [0.05, 0.1) is 24.7 Å². The monoisotopic (exact) mass is 361 g/mol.